The number of pyridine rings is 1. The van der Waals surface area contributed by atoms with Crippen molar-refractivity contribution < 1.29 is 18.3 Å². The topological polar surface area (TPSA) is 80.0 Å². The smallest absolute Gasteiger partial charge is 0.392 e. The summed E-state index contributed by atoms with van der Waals surface area (Å²) in [7, 11) is 0. The molecule has 2 aromatic heterocycles. The molecule has 27 heavy (non-hydrogen) atoms. The molecule has 140 valence electrons. The van der Waals surface area contributed by atoms with Crippen LogP contribution in [0.2, 0.25) is 5.02 Å². The summed E-state index contributed by atoms with van der Waals surface area (Å²) in [5.41, 5.74) is -0.235. The number of aliphatic hydroxyl groups is 1. The van der Waals surface area contributed by atoms with Gasteiger partial charge in [-0.1, -0.05) is 23.7 Å². The van der Waals surface area contributed by atoms with E-state index in [1.807, 2.05) is 0 Å². The third kappa shape index (κ3) is 4.09. The lowest BCUT2D eigenvalue weighted by atomic mass is 10.2. The first-order valence-electron chi connectivity index (χ1n) is 7.58. The van der Waals surface area contributed by atoms with E-state index in [0.717, 1.165) is 16.8 Å². The second-order valence-corrected chi connectivity index (χ2v) is 5.85. The van der Waals surface area contributed by atoms with Crippen LogP contribution in [-0.2, 0) is 12.8 Å². The molecule has 0 atom stereocenters. The fraction of sp³-hybridized carbons (Fsp3) is 0.118. The van der Waals surface area contributed by atoms with Crippen LogP contribution in [0.25, 0.3) is 5.82 Å². The molecule has 6 nitrogen and oxygen atoms in total. The molecule has 0 aliphatic rings. The largest absolute Gasteiger partial charge is 0.417 e. The number of benzene rings is 1. The molecule has 3 aromatic rings. The van der Waals surface area contributed by atoms with Crippen molar-refractivity contribution in [3.63, 3.8) is 0 Å². The maximum atomic E-state index is 12.6. The summed E-state index contributed by atoms with van der Waals surface area (Å²) in [4.78, 5) is 16.0. The van der Waals surface area contributed by atoms with Gasteiger partial charge in [0.05, 0.1) is 24.1 Å². The van der Waals surface area contributed by atoms with Gasteiger partial charge in [-0.25, -0.2) is 4.98 Å². The zero-order chi connectivity index (χ0) is 19.6. The summed E-state index contributed by atoms with van der Waals surface area (Å²) in [6.45, 7) is -0.150. The normalized spacial score (nSPS) is 11.4. The number of hydrogen-bond donors (Lipinski definition) is 2. The van der Waals surface area contributed by atoms with Gasteiger partial charge in [-0.05, 0) is 29.8 Å². The molecule has 0 saturated heterocycles. The lowest BCUT2D eigenvalue weighted by molar-refractivity contribution is -0.137. The highest BCUT2D eigenvalue weighted by molar-refractivity contribution is 6.33. The predicted octanol–water partition coefficient (Wildman–Crippen LogP) is 3.54. The van der Waals surface area contributed by atoms with Crippen molar-refractivity contribution in [2.24, 2.45) is 0 Å². The molecule has 3 rings (SSSR count). The Balaban J connectivity index is 1.92. The monoisotopic (exact) mass is 396 g/mol. The van der Waals surface area contributed by atoms with Crippen LogP contribution < -0.4 is 10.9 Å². The Kier molecular flexibility index (Phi) is 5.15. The Bertz CT molecular complexity index is 1020. The first-order chi connectivity index (χ1) is 12.8. The van der Waals surface area contributed by atoms with Gasteiger partial charge in [-0.15, -0.1) is 0 Å². The lowest BCUT2D eigenvalue weighted by Crippen LogP contribution is -2.23. The maximum absolute atomic E-state index is 12.6. The Morgan fingerprint density at radius 3 is 2.59 bits per heavy atom. The van der Waals surface area contributed by atoms with E-state index in [2.05, 4.69) is 15.4 Å². The van der Waals surface area contributed by atoms with E-state index in [1.54, 1.807) is 24.3 Å². The van der Waals surface area contributed by atoms with Crippen LogP contribution >= 0.6 is 11.6 Å². The number of hydrogen-bond acceptors (Lipinski definition) is 5. The second-order valence-electron chi connectivity index (χ2n) is 5.48. The standard InChI is InChI=1S/C17H12ClF3N4O2/c18-15-13(24-12-3-1-2-10(6-12)9-26)8-23-25(16(15)27)14-5-4-11(7-22-14)17(19,20)21/h1-8,24,26H,9H2. The van der Waals surface area contributed by atoms with Crippen molar-refractivity contribution >= 4 is 23.0 Å². The minimum Gasteiger partial charge on any atom is -0.392 e. The predicted molar refractivity (Wildman–Crippen MR) is 93.3 cm³/mol. The minimum absolute atomic E-state index is 0.0938. The van der Waals surface area contributed by atoms with E-state index in [4.69, 9.17) is 16.7 Å². The fourth-order valence-corrected chi connectivity index (χ4v) is 2.44. The minimum atomic E-state index is -4.53. The first-order valence-corrected chi connectivity index (χ1v) is 7.95. The van der Waals surface area contributed by atoms with Gasteiger partial charge in [-0.2, -0.15) is 23.0 Å². The van der Waals surface area contributed by atoms with Gasteiger partial charge in [0.25, 0.3) is 5.56 Å². The van der Waals surface area contributed by atoms with E-state index < -0.39 is 17.3 Å². The second kappa shape index (κ2) is 7.37. The van der Waals surface area contributed by atoms with Gasteiger partial charge in [0.2, 0.25) is 0 Å². The number of nitrogens with one attached hydrogen (secondary N) is 1. The third-order valence-corrected chi connectivity index (χ3v) is 3.96. The van der Waals surface area contributed by atoms with Crippen molar-refractivity contribution in [1.29, 1.82) is 0 Å². The van der Waals surface area contributed by atoms with Gasteiger partial charge in [0.1, 0.15) is 5.02 Å². The molecule has 1 aromatic carbocycles. The summed E-state index contributed by atoms with van der Waals surface area (Å²) in [5.74, 6) is -0.0938. The Morgan fingerprint density at radius 1 is 1.19 bits per heavy atom. The Labute approximate surface area is 155 Å². The van der Waals surface area contributed by atoms with E-state index in [0.29, 0.717) is 17.4 Å². The number of aromatic nitrogens is 3. The van der Waals surface area contributed by atoms with Crippen molar-refractivity contribution in [3.05, 3.63) is 75.3 Å². The van der Waals surface area contributed by atoms with Crippen LogP contribution in [-0.4, -0.2) is 19.9 Å². The van der Waals surface area contributed by atoms with Gasteiger partial charge < -0.3 is 10.4 Å². The number of aliphatic hydroxyl groups excluding tert-OH is 1. The van der Waals surface area contributed by atoms with Gasteiger partial charge in [0, 0.05) is 11.9 Å². The number of nitrogens with zero attached hydrogens (tertiary/aromatic N) is 3. The summed E-state index contributed by atoms with van der Waals surface area (Å²) >= 11 is 6.08. The fourth-order valence-electron chi connectivity index (χ4n) is 2.27. The van der Waals surface area contributed by atoms with Crippen molar-refractivity contribution in [2.75, 3.05) is 5.32 Å². The van der Waals surface area contributed by atoms with Crippen molar-refractivity contribution in [3.8, 4) is 5.82 Å². The molecule has 2 N–H and O–H groups in total. The lowest BCUT2D eigenvalue weighted by Gasteiger charge is -2.11. The van der Waals surface area contributed by atoms with Crippen LogP contribution in [0.3, 0.4) is 0 Å². The molecule has 0 fully saturated rings. The zero-order valence-electron chi connectivity index (χ0n) is 13.5. The highest BCUT2D eigenvalue weighted by atomic mass is 35.5. The van der Waals surface area contributed by atoms with E-state index >= 15 is 0 Å². The molecule has 10 heteroatoms. The molecule has 0 amide bonds. The van der Waals surface area contributed by atoms with E-state index in [9.17, 15) is 18.0 Å². The molecule has 0 aliphatic carbocycles. The average molecular weight is 397 g/mol. The Morgan fingerprint density at radius 2 is 1.96 bits per heavy atom. The van der Waals surface area contributed by atoms with E-state index in [1.165, 1.54) is 6.20 Å². The van der Waals surface area contributed by atoms with Crippen molar-refractivity contribution in [1.82, 2.24) is 14.8 Å². The third-order valence-electron chi connectivity index (χ3n) is 3.60. The highest BCUT2D eigenvalue weighted by Gasteiger charge is 2.30. The van der Waals surface area contributed by atoms with Gasteiger partial charge >= 0.3 is 6.18 Å². The summed E-state index contributed by atoms with van der Waals surface area (Å²) in [6.07, 6.45) is -2.66. The molecule has 0 radical (unpaired) electrons. The SMILES string of the molecule is O=c1c(Cl)c(Nc2cccc(CO)c2)cnn1-c1ccc(C(F)(F)F)cn1. The van der Waals surface area contributed by atoms with Crippen LogP contribution in [0.15, 0.2) is 53.6 Å². The summed E-state index contributed by atoms with van der Waals surface area (Å²) < 4.78 is 38.6. The Hall–Kier alpha value is -2.91. The van der Waals surface area contributed by atoms with E-state index in [-0.39, 0.29) is 23.1 Å². The van der Waals surface area contributed by atoms with Crippen molar-refractivity contribution in [2.45, 2.75) is 12.8 Å². The number of halogens is 4. The first kappa shape index (κ1) is 18.9. The molecule has 0 saturated carbocycles. The molecule has 0 bridgehead atoms. The summed E-state index contributed by atoms with van der Waals surface area (Å²) in [6, 6.07) is 8.64. The van der Waals surface area contributed by atoms with Gasteiger partial charge in [-0.3, -0.25) is 4.79 Å². The summed E-state index contributed by atoms with van der Waals surface area (Å²) in [5, 5.41) is 15.8. The maximum Gasteiger partial charge on any atom is 0.417 e. The number of anilines is 2. The highest BCUT2D eigenvalue weighted by Crippen LogP contribution is 2.28. The molecular formula is C17H12ClF3N4O2. The molecule has 0 unspecified atom stereocenters. The van der Waals surface area contributed by atoms with Crippen LogP contribution in [0.4, 0.5) is 24.5 Å². The molecule has 0 spiro atoms. The molecule has 2 heterocycles. The molecule has 0 aliphatic heterocycles. The zero-order valence-corrected chi connectivity index (χ0v) is 14.3. The van der Waals surface area contributed by atoms with Crippen LogP contribution in [0, 0.1) is 0 Å². The van der Waals surface area contributed by atoms with Gasteiger partial charge in [0.15, 0.2) is 5.82 Å². The number of rotatable bonds is 4. The average Bonchev–Trinajstić information content (AvgIpc) is 2.65. The molecular weight excluding hydrogens is 385 g/mol. The van der Waals surface area contributed by atoms with Crippen LogP contribution in [0.5, 0.6) is 0 Å². The quantitative estimate of drug-likeness (QED) is 0.705. The number of alkyl halides is 3. The van der Waals surface area contributed by atoms with Crippen LogP contribution in [0.1, 0.15) is 11.1 Å².